The first-order valence-electron chi connectivity index (χ1n) is 17.5. The summed E-state index contributed by atoms with van der Waals surface area (Å²) in [5, 5.41) is 18.4. The van der Waals surface area contributed by atoms with Crippen molar-refractivity contribution < 1.29 is 33.7 Å². The number of aliphatic hydroxyl groups excluding tert-OH is 1. The van der Waals surface area contributed by atoms with E-state index in [1.807, 2.05) is 19.1 Å². The summed E-state index contributed by atoms with van der Waals surface area (Å²) < 4.78 is 16.8. The number of amides is 3. The van der Waals surface area contributed by atoms with Gasteiger partial charge in [0, 0.05) is 66.2 Å². The number of methoxy groups -OCH3 is 2. The van der Waals surface area contributed by atoms with Crippen molar-refractivity contribution in [1.82, 2.24) is 30.5 Å². The molecule has 0 radical (unpaired) electrons. The lowest BCUT2D eigenvalue weighted by Gasteiger charge is -2.29. The molecule has 1 atom stereocenters. The van der Waals surface area contributed by atoms with Gasteiger partial charge in [-0.25, -0.2) is 14.8 Å². The van der Waals surface area contributed by atoms with Crippen molar-refractivity contribution >= 4 is 35.2 Å². The Morgan fingerprint density at radius 3 is 2.56 bits per heavy atom. The minimum absolute atomic E-state index is 0.0184. The van der Waals surface area contributed by atoms with Crippen LogP contribution in [0.25, 0.3) is 22.5 Å². The molecule has 14 nitrogen and oxygen atoms in total. The number of nitrogens with one attached hydrogen (secondary N) is 3. The molecule has 4 heterocycles. The smallest absolute Gasteiger partial charge is 0.410 e. The van der Waals surface area contributed by atoms with Crippen LogP contribution in [0, 0.1) is 6.92 Å². The highest BCUT2D eigenvalue weighted by molar-refractivity contribution is 6.35. The molecule has 0 aliphatic carbocycles. The van der Waals surface area contributed by atoms with Crippen molar-refractivity contribution in [1.29, 1.82) is 0 Å². The molecule has 5 rings (SSSR count). The standard InChI is InChI=1S/C39H46ClN7O7/c1-23-27(8-7-9-29(23)45-36(50)31-18-25(19-41-16-17-48)32(52-5)20-43-31)35-34(40)28(14-15-42-35)30-12-10-24(37(46-30)53-6)21-47(38(51)54-39(2,3)4)22-26-11-13-33(49)44-26/h7-10,12,14-15,18,20,26,41,48H,11,13,16-17,19,21-22H2,1-6H3,(H,44,49)(H,45,50)/t26-/m0/s1. The number of aromatic nitrogens is 3. The van der Waals surface area contributed by atoms with Crippen LogP contribution in [0.15, 0.2) is 54.9 Å². The Morgan fingerprint density at radius 2 is 1.87 bits per heavy atom. The first-order valence-corrected chi connectivity index (χ1v) is 17.9. The second kappa shape index (κ2) is 17.7. The summed E-state index contributed by atoms with van der Waals surface area (Å²) in [6.45, 7) is 8.43. The zero-order chi connectivity index (χ0) is 39.0. The number of hydrogen-bond acceptors (Lipinski definition) is 11. The molecule has 286 valence electrons. The van der Waals surface area contributed by atoms with E-state index in [1.54, 1.807) is 62.2 Å². The third-order valence-electron chi connectivity index (χ3n) is 8.68. The predicted octanol–water partition coefficient (Wildman–Crippen LogP) is 5.53. The van der Waals surface area contributed by atoms with Crippen molar-refractivity contribution in [3.05, 3.63) is 82.3 Å². The molecule has 1 aliphatic rings. The Hall–Kier alpha value is -5.31. The van der Waals surface area contributed by atoms with Gasteiger partial charge in [-0.05, 0) is 70.0 Å². The first kappa shape index (κ1) is 39.9. The number of aliphatic hydroxyl groups is 1. The fourth-order valence-electron chi connectivity index (χ4n) is 6.01. The first-order chi connectivity index (χ1) is 25.8. The fourth-order valence-corrected chi connectivity index (χ4v) is 6.32. The third-order valence-corrected chi connectivity index (χ3v) is 9.06. The van der Waals surface area contributed by atoms with Crippen LogP contribution in [-0.2, 0) is 22.6 Å². The summed E-state index contributed by atoms with van der Waals surface area (Å²) in [5.74, 6) is 0.364. The van der Waals surface area contributed by atoms with E-state index in [9.17, 15) is 14.4 Å². The number of halogens is 1. The van der Waals surface area contributed by atoms with Gasteiger partial charge in [-0.1, -0.05) is 23.7 Å². The molecule has 54 heavy (non-hydrogen) atoms. The van der Waals surface area contributed by atoms with E-state index < -0.39 is 17.6 Å². The average molecular weight is 760 g/mol. The van der Waals surface area contributed by atoms with Crippen LogP contribution in [0.4, 0.5) is 10.5 Å². The molecule has 1 fully saturated rings. The molecule has 3 amide bonds. The number of anilines is 1. The van der Waals surface area contributed by atoms with Crippen molar-refractivity contribution in [3.63, 3.8) is 0 Å². The topological polar surface area (TPSA) is 177 Å². The maximum atomic E-state index is 13.4. The predicted molar refractivity (Wildman–Crippen MR) is 205 cm³/mol. The molecular formula is C39H46ClN7O7. The number of benzene rings is 1. The van der Waals surface area contributed by atoms with Crippen molar-refractivity contribution in [2.24, 2.45) is 0 Å². The Bertz CT molecular complexity index is 2000. The molecule has 4 N–H and O–H groups in total. The van der Waals surface area contributed by atoms with E-state index >= 15 is 0 Å². The van der Waals surface area contributed by atoms with Gasteiger partial charge in [-0.3, -0.25) is 14.6 Å². The van der Waals surface area contributed by atoms with Crippen LogP contribution < -0.4 is 25.4 Å². The number of carbonyl (C=O) groups excluding carboxylic acids is 3. The SMILES string of the molecule is COc1cnc(C(=O)Nc2cccc(-c3nccc(-c4ccc(CN(C[C@@H]5CCC(=O)N5)C(=O)OC(C)(C)C)c(OC)n4)c3Cl)c2C)cc1CNCCO. The number of hydrogen-bond donors (Lipinski definition) is 4. The van der Waals surface area contributed by atoms with E-state index in [0.717, 1.165) is 11.1 Å². The molecule has 1 aliphatic heterocycles. The minimum atomic E-state index is -0.712. The molecule has 3 aromatic heterocycles. The number of ether oxygens (including phenoxy) is 3. The van der Waals surface area contributed by atoms with Gasteiger partial charge in [0.2, 0.25) is 11.8 Å². The quantitative estimate of drug-likeness (QED) is 0.119. The van der Waals surface area contributed by atoms with Crippen LogP contribution in [0.1, 0.15) is 60.8 Å². The zero-order valence-corrected chi connectivity index (χ0v) is 32.0. The number of pyridine rings is 3. The summed E-state index contributed by atoms with van der Waals surface area (Å²) in [5.41, 5.74) is 4.44. The monoisotopic (exact) mass is 759 g/mol. The normalized spacial score (nSPS) is 14.0. The van der Waals surface area contributed by atoms with Gasteiger partial charge in [-0.2, -0.15) is 0 Å². The summed E-state index contributed by atoms with van der Waals surface area (Å²) in [7, 11) is 3.03. The fraction of sp³-hybridized carbons (Fsp3) is 0.385. The highest BCUT2D eigenvalue weighted by Crippen LogP contribution is 2.38. The van der Waals surface area contributed by atoms with Gasteiger partial charge >= 0.3 is 6.09 Å². The third kappa shape index (κ3) is 9.81. The maximum absolute atomic E-state index is 13.4. The average Bonchev–Trinajstić information content (AvgIpc) is 3.56. The summed E-state index contributed by atoms with van der Waals surface area (Å²) >= 11 is 7.05. The molecule has 1 aromatic carbocycles. The van der Waals surface area contributed by atoms with E-state index in [0.29, 0.717) is 76.3 Å². The molecule has 0 bridgehead atoms. The van der Waals surface area contributed by atoms with Crippen LogP contribution >= 0.6 is 11.6 Å². The van der Waals surface area contributed by atoms with Gasteiger partial charge < -0.3 is 40.2 Å². The Balaban J connectivity index is 1.39. The second-order valence-electron chi connectivity index (χ2n) is 13.8. The Labute approximate surface area is 319 Å². The highest BCUT2D eigenvalue weighted by atomic mass is 35.5. The Kier molecular flexibility index (Phi) is 13.1. The highest BCUT2D eigenvalue weighted by Gasteiger charge is 2.29. The zero-order valence-electron chi connectivity index (χ0n) is 31.3. The van der Waals surface area contributed by atoms with Crippen LogP contribution in [-0.4, -0.2) is 88.4 Å². The molecule has 15 heteroatoms. The van der Waals surface area contributed by atoms with Gasteiger partial charge in [0.1, 0.15) is 17.0 Å². The van der Waals surface area contributed by atoms with Crippen LogP contribution in [0.5, 0.6) is 11.6 Å². The molecular weight excluding hydrogens is 714 g/mol. The minimum Gasteiger partial charge on any atom is -0.495 e. The number of nitrogens with zero attached hydrogens (tertiary/aromatic N) is 4. The lowest BCUT2D eigenvalue weighted by molar-refractivity contribution is -0.119. The number of rotatable bonds is 14. The molecule has 0 spiro atoms. The molecule has 4 aromatic rings. The van der Waals surface area contributed by atoms with Crippen LogP contribution in [0.3, 0.4) is 0 Å². The lowest BCUT2D eigenvalue weighted by atomic mass is 10.0. The van der Waals surface area contributed by atoms with E-state index in [1.165, 1.54) is 20.4 Å². The largest absolute Gasteiger partial charge is 0.495 e. The van der Waals surface area contributed by atoms with E-state index in [2.05, 4.69) is 25.9 Å². The van der Waals surface area contributed by atoms with Crippen molar-refractivity contribution in [2.75, 3.05) is 39.2 Å². The summed E-state index contributed by atoms with van der Waals surface area (Å²) in [4.78, 5) is 53.7. The van der Waals surface area contributed by atoms with E-state index in [-0.39, 0.29) is 37.3 Å². The number of carbonyl (C=O) groups is 3. The van der Waals surface area contributed by atoms with Crippen molar-refractivity contribution in [2.45, 2.75) is 65.3 Å². The van der Waals surface area contributed by atoms with Gasteiger partial charge in [0.25, 0.3) is 5.91 Å². The summed E-state index contributed by atoms with van der Waals surface area (Å²) in [6.07, 6.45) is 3.65. The van der Waals surface area contributed by atoms with Gasteiger partial charge in [0.05, 0.1) is 50.0 Å². The van der Waals surface area contributed by atoms with Crippen LogP contribution in [0.2, 0.25) is 5.02 Å². The Morgan fingerprint density at radius 1 is 1.07 bits per heavy atom. The summed E-state index contributed by atoms with van der Waals surface area (Å²) in [6, 6.07) is 12.3. The van der Waals surface area contributed by atoms with Gasteiger partial charge in [0.15, 0.2) is 0 Å². The molecule has 0 unspecified atom stereocenters. The lowest BCUT2D eigenvalue weighted by Crippen LogP contribution is -2.43. The molecule has 0 saturated carbocycles. The van der Waals surface area contributed by atoms with Crippen molar-refractivity contribution in [3.8, 4) is 34.1 Å². The second-order valence-corrected chi connectivity index (χ2v) is 14.1. The maximum Gasteiger partial charge on any atom is 0.410 e. The van der Waals surface area contributed by atoms with E-state index in [4.69, 9.17) is 35.9 Å². The molecule has 1 saturated heterocycles. The van der Waals surface area contributed by atoms with Gasteiger partial charge in [-0.15, -0.1) is 0 Å².